The Balaban J connectivity index is 1.43. The van der Waals surface area contributed by atoms with Gasteiger partial charge in [0.15, 0.2) is 0 Å². The van der Waals surface area contributed by atoms with Crippen molar-refractivity contribution < 1.29 is 42.1 Å². The fourth-order valence-corrected chi connectivity index (χ4v) is 7.65. The molecule has 2 aromatic rings. The molecule has 1 aromatic heterocycles. The van der Waals surface area contributed by atoms with Crippen LogP contribution in [0.1, 0.15) is 46.5 Å². The molecule has 15 heteroatoms. The van der Waals surface area contributed by atoms with Gasteiger partial charge in [-0.05, 0) is 60.2 Å². The lowest BCUT2D eigenvalue weighted by Crippen LogP contribution is -2.57. The molecule has 1 aliphatic heterocycles. The van der Waals surface area contributed by atoms with E-state index >= 15 is 0 Å². The molecule has 2 saturated carbocycles. The van der Waals surface area contributed by atoms with Crippen molar-refractivity contribution in [1.29, 1.82) is 0 Å². The number of hydrogen-bond acceptors (Lipinski definition) is 10. The summed E-state index contributed by atoms with van der Waals surface area (Å²) in [5, 5.41) is 13.4. The number of pyridine rings is 1. The number of amides is 3. The fraction of sp³-hybridized carbons (Fsp3) is 0.548. The number of sulfonamides is 1. The number of halogens is 1. The van der Waals surface area contributed by atoms with Crippen LogP contribution in [0.4, 0.5) is 0 Å². The normalized spacial score (nSPS) is 24.8. The molecule has 5 atom stereocenters. The highest BCUT2D eigenvalue weighted by atomic mass is 79.9. The van der Waals surface area contributed by atoms with Crippen molar-refractivity contribution in [3.05, 3.63) is 35.3 Å². The van der Waals surface area contributed by atoms with E-state index in [4.69, 9.17) is 14.2 Å². The molecule has 1 saturated heterocycles. The van der Waals surface area contributed by atoms with Gasteiger partial charge in [-0.3, -0.25) is 19.1 Å². The third-order valence-electron chi connectivity index (χ3n) is 8.61. The van der Waals surface area contributed by atoms with Crippen molar-refractivity contribution in [2.75, 3.05) is 20.3 Å². The van der Waals surface area contributed by atoms with Crippen LogP contribution in [0.2, 0.25) is 0 Å². The predicted octanol–water partition coefficient (Wildman–Crippen LogP) is 2.44. The minimum atomic E-state index is -3.87. The van der Waals surface area contributed by atoms with Crippen LogP contribution in [0.15, 0.2) is 35.3 Å². The maximum atomic E-state index is 13.9. The summed E-state index contributed by atoms with van der Waals surface area (Å²) in [5.74, 6) is -1.84. The Labute approximate surface area is 276 Å². The van der Waals surface area contributed by atoms with Crippen LogP contribution in [0.25, 0.3) is 10.9 Å². The van der Waals surface area contributed by atoms with Gasteiger partial charge in [0.25, 0.3) is 11.8 Å². The van der Waals surface area contributed by atoms with Crippen LogP contribution in [0.5, 0.6) is 17.4 Å². The summed E-state index contributed by atoms with van der Waals surface area (Å²) in [4.78, 5) is 46.5. The topological polar surface area (TPSA) is 173 Å². The van der Waals surface area contributed by atoms with Crippen LogP contribution in [-0.2, 0) is 24.4 Å². The third kappa shape index (κ3) is 6.54. The molecule has 2 heterocycles. The number of benzene rings is 1. The lowest BCUT2D eigenvalue weighted by atomic mass is 10.1. The molecule has 13 nitrogen and oxygen atoms in total. The standard InChI is InChI=1S/C31H39BrN4O9S/c1-6-17-14-31(17,30(40)35-46(41,42)19-8-9-19)34-28(38)21-12-18(15-36(21)29(39)27(37)16(3)4)45-23-13-24(44-7-2)33-26-20(23)10-11-22(43-5)25(26)32/h6,10-11,13,16-19,21,27,37H,1,7-9,12,14-15H2,2-5H3,(H,34,38)(H,35,40)/t17?,18-,21+,27+,31-/m1/s1. The quantitative estimate of drug-likeness (QED) is 0.261. The number of likely N-dealkylation sites (tertiary alicyclic amines) is 1. The van der Waals surface area contributed by atoms with E-state index in [0.717, 1.165) is 0 Å². The number of nitrogens with zero attached hydrogens (tertiary/aromatic N) is 2. The van der Waals surface area contributed by atoms with Gasteiger partial charge in [0, 0.05) is 23.8 Å². The molecule has 3 aliphatic rings. The van der Waals surface area contributed by atoms with Crippen molar-refractivity contribution in [3.63, 3.8) is 0 Å². The Bertz CT molecular complexity index is 1660. The summed E-state index contributed by atoms with van der Waals surface area (Å²) in [6.45, 7) is 9.24. The van der Waals surface area contributed by atoms with Gasteiger partial charge in [-0.2, -0.15) is 0 Å². The number of methoxy groups -OCH3 is 1. The monoisotopic (exact) mass is 722 g/mol. The van der Waals surface area contributed by atoms with Crippen LogP contribution in [0, 0.1) is 11.8 Å². The number of aliphatic hydroxyl groups excluding tert-OH is 1. The van der Waals surface area contributed by atoms with Crippen molar-refractivity contribution in [3.8, 4) is 17.4 Å². The van der Waals surface area contributed by atoms with Gasteiger partial charge in [0.2, 0.25) is 21.8 Å². The maximum Gasteiger partial charge on any atom is 0.259 e. The second kappa shape index (κ2) is 13.0. The molecular formula is C31H39BrN4O9S. The van der Waals surface area contributed by atoms with Gasteiger partial charge in [0.05, 0.1) is 35.5 Å². The van der Waals surface area contributed by atoms with Gasteiger partial charge in [-0.1, -0.05) is 19.9 Å². The van der Waals surface area contributed by atoms with Gasteiger partial charge in [0.1, 0.15) is 35.3 Å². The smallest absolute Gasteiger partial charge is 0.259 e. The lowest BCUT2D eigenvalue weighted by molar-refractivity contribution is -0.147. The molecule has 3 amide bonds. The molecule has 2 aliphatic carbocycles. The van der Waals surface area contributed by atoms with E-state index in [1.165, 1.54) is 18.1 Å². The first-order valence-electron chi connectivity index (χ1n) is 15.2. The van der Waals surface area contributed by atoms with E-state index < -0.39 is 68.6 Å². The Morgan fingerprint density at radius 2 is 1.98 bits per heavy atom. The SMILES string of the molecule is C=CC1C[C@]1(NC(=O)[C@@H]1C[C@@H](Oc2cc(OCC)nc3c(Br)c(OC)ccc23)CN1C(=O)[C@@H](O)C(C)C)C(=O)NS(=O)(=O)C1CC1. The first-order chi connectivity index (χ1) is 21.8. The number of rotatable bonds is 13. The van der Waals surface area contributed by atoms with E-state index in [0.29, 0.717) is 52.2 Å². The van der Waals surface area contributed by atoms with Crippen LogP contribution in [-0.4, -0.2) is 90.4 Å². The molecule has 0 bridgehead atoms. The first-order valence-corrected chi connectivity index (χ1v) is 17.6. The lowest BCUT2D eigenvalue weighted by Gasteiger charge is -2.28. The van der Waals surface area contributed by atoms with Crippen molar-refractivity contribution in [1.82, 2.24) is 19.9 Å². The molecule has 46 heavy (non-hydrogen) atoms. The highest BCUT2D eigenvalue weighted by molar-refractivity contribution is 9.10. The van der Waals surface area contributed by atoms with Crippen LogP contribution in [0.3, 0.4) is 0 Å². The molecule has 250 valence electrons. The molecule has 5 rings (SSSR count). The summed E-state index contributed by atoms with van der Waals surface area (Å²) >= 11 is 3.54. The molecule has 3 N–H and O–H groups in total. The predicted molar refractivity (Wildman–Crippen MR) is 172 cm³/mol. The molecule has 0 radical (unpaired) electrons. The van der Waals surface area contributed by atoms with Crippen LogP contribution < -0.4 is 24.2 Å². The van der Waals surface area contributed by atoms with Gasteiger partial charge < -0.3 is 29.5 Å². The zero-order valence-electron chi connectivity index (χ0n) is 26.1. The minimum Gasteiger partial charge on any atom is -0.495 e. The Hall–Kier alpha value is -3.43. The van der Waals surface area contributed by atoms with E-state index in [2.05, 4.69) is 37.5 Å². The zero-order chi connectivity index (χ0) is 33.6. The van der Waals surface area contributed by atoms with E-state index in [9.17, 15) is 27.9 Å². The number of aromatic nitrogens is 1. The number of ether oxygens (including phenoxy) is 3. The van der Waals surface area contributed by atoms with Crippen LogP contribution >= 0.6 is 15.9 Å². The van der Waals surface area contributed by atoms with Gasteiger partial charge >= 0.3 is 0 Å². The number of carbonyl (C=O) groups is 3. The van der Waals surface area contributed by atoms with Crippen molar-refractivity contribution in [2.24, 2.45) is 11.8 Å². The van der Waals surface area contributed by atoms with Gasteiger partial charge in [-0.25, -0.2) is 13.4 Å². The highest BCUT2D eigenvalue weighted by Gasteiger charge is 2.62. The fourth-order valence-electron chi connectivity index (χ4n) is 5.69. The van der Waals surface area contributed by atoms with E-state index in [-0.39, 0.29) is 19.4 Å². The van der Waals surface area contributed by atoms with E-state index in [1.54, 1.807) is 32.0 Å². The Kier molecular flexibility index (Phi) is 9.58. The number of fused-ring (bicyclic) bond motifs is 1. The second-order valence-electron chi connectivity index (χ2n) is 12.2. The number of hydrogen-bond donors (Lipinski definition) is 3. The molecular weight excluding hydrogens is 684 g/mol. The van der Waals surface area contributed by atoms with E-state index in [1.807, 2.05) is 6.92 Å². The summed E-state index contributed by atoms with van der Waals surface area (Å²) < 4.78 is 45.3. The average molecular weight is 724 g/mol. The average Bonchev–Trinajstić information content (AvgIpc) is 3.94. The summed E-state index contributed by atoms with van der Waals surface area (Å²) in [6, 6.07) is 4.04. The number of aliphatic hydroxyl groups is 1. The molecule has 1 aromatic carbocycles. The Morgan fingerprint density at radius 1 is 1.26 bits per heavy atom. The van der Waals surface area contributed by atoms with Crippen molar-refractivity contribution in [2.45, 2.75) is 75.5 Å². The molecule has 1 unspecified atom stereocenters. The van der Waals surface area contributed by atoms with Crippen molar-refractivity contribution >= 4 is 54.6 Å². The maximum absolute atomic E-state index is 13.9. The summed E-state index contributed by atoms with van der Waals surface area (Å²) in [7, 11) is -2.33. The minimum absolute atomic E-state index is 0.0321. The first kappa shape index (κ1) is 33.9. The Morgan fingerprint density at radius 3 is 2.57 bits per heavy atom. The summed E-state index contributed by atoms with van der Waals surface area (Å²) in [6.07, 6.45) is 0.535. The largest absolute Gasteiger partial charge is 0.495 e. The zero-order valence-corrected chi connectivity index (χ0v) is 28.5. The highest BCUT2D eigenvalue weighted by Crippen LogP contribution is 2.46. The number of carbonyl (C=O) groups excluding carboxylic acids is 3. The number of nitrogens with one attached hydrogen (secondary N) is 2. The van der Waals surface area contributed by atoms with Gasteiger partial charge in [-0.15, -0.1) is 6.58 Å². The second-order valence-corrected chi connectivity index (χ2v) is 15.0. The molecule has 0 spiro atoms. The third-order valence-corrected chi connectivity index (χ3v) is 11.2. The molecule has 3 fully saturated rings. The summed E-state index contributed by atoms with van der Waals surface area (Å²) in [5.41, 5.74) is -1.00.